The van der Waals surface area contributed by atoms with Crippen molar-refractivity contribution in [2.75, 3.05) is 0 Å². The lowest BCUT2D eigenvalue weighted by Crippen LogP contribution is -2.20. The van der Waals surface area contributed by atoms with Crippen molar-refractivity contribution in [1.29, 1.82) is 0 Å². The van der Waals surface area contributed by atoms with Gasteiger partial charge in [-0.05, 0) is 17.7 Å². The van der Waals surface area contributed by atoms with Gasteiger partial charge in [0.05, 0.1) is 6.42 Å². The van der Waals surface area contributed by atoms with Crippen molar-refractivity contribution in [2.45, 2.75) is 25.3 Å². The monoisotopic (exact) mass is 255 g/mol. The second kappa shape index (κ2) is 5.31. The van der Waals surface area contributed by atoms with Crippen LogP contribution in [0.25, 0.3) is 0 Å². The second-order valence-corrected chi connectivity index (χ2v) is 3.37. The molecule has 0 spiro atoms. The number of benzene rings is 1. The van der Waals surface area contributed by atoms with Crippen LogP contribution in [0, 0.1) is 0 Å². The van der Waals surface area contributed by atoms with Gasteiger partial charge in [0.2, 0.25) is 0 Å². The first-order chi connectivity index (χ1) is 7.78. The van der Waals surface area contributed by atoms with Crippen molar-refractivity contribution < 1.29 is 26.7 Å². The number of hydrogen-bond acceptors (Lipinski definition) is 2. The number of alkyl halides is 5. The van der Waals surface area contributed by atoms with E-state index in [9.17, 15) is 22.0 Å². The summed E-state index contributed by atoms with van der Waals surface area (Å²) in [6, 6.07) is 3.55. The van der Waals surface area contributed by atoms with E-state index in [1.165, 1.54) is 12.1 Å². The molecule has 2 nitrogen and oxygen atoms in total. The molecule has 0 radical (unpaired) electrons. The molecular formula is C10H10F5NO. The lowest BCUT2D eigenvalue weighted by molar-refractivity contribution is -0.138. The zero-order chi connectivity index (χ0) is 13.1. The molecule has 0 aliphatic rings. The minimum absolute atomic E-state index is 0.122. The van der Waals surface area contributed by atoms with Gasteiger partial charge in [0.1, 0.15) is 5.75 Å². The van der Waals surface area contributed by atoms with Crippen LogP contribution in [0.4, 0.5) is 22.0 Å². The molecule has 0 aromatic heterocycles. The summed E-state index contributed by atoms with van der Waals surface area (Å²) in [7, 11) is 0. The van der Waals surface area contributed by atoms with Crippen molar-refractivity contribution in [3.63, 3.8) is 0 Å². The third-order valence-corrected chi connectivity index (χ3v) is 1.98. The van der Waals surface area contributed by atoms with Gasteiger partial charge in [0.15, 0.2) is 0 Å². The van der Waals surface area contributed by atoms with E-state index in [1.807, 2.05) is 0 Å². The van der Waals surface area contributed by atoms with E-state index in [-0.39, 0.29) is 11.3 Å². The number of halogens is 5. The van der Waals surface area contributed by atoms with Gasteiger partial charge in [-0.3, -0.25) is 0 Å². The Morgan fingerprint density at radius 3 is 2.06 bits per heavy atom. The lowest BCUT2D eigenvalue weighted by atomic mass is 10.0. The standard InChI is InChI=1S/C10H10F5NO/c11-9(12)17-7-3-1-6(2-4-7)8(16)5-10(13,14)15/h1-4,8-9H,5,16H2/t8-/m1/s1. The van der Waals surface area contributed by atoms with Crippen LogP contribution in [0.3, 0.4) is 0 Å². The van der Waals surface area contributed by atoms with Crippen LogP contribution in [-0.4, -0.2) is 12.8 Å². The van der Waals surface area contributed by atoms with Crippen molar-refractivity contribution in [2.24, 2.45) is 5.73 Å². The summed E-state index contributed by atoms with van der Waals surface area (Å²) in [4.78, 5) is 0. The molecule has 0 aliphatic heterocycles. The van der Waals surface area contributed by atoms with Gasteiger partial charge >= 0.3 is 12.8 Å². The van der Waals surface area contributed by atoms with Gasteiger partial charge in [-0.15, -0.1) is 0 Å². The van der Waals surface area contributed by atoms with Crippen molar-refractivity contribution in [1.82, 2.24) is 0 Å². The Morgan fingerprint density at radius 2 is 1.65 bits per heavy atom. The van der Waals surface area contributed by atoms with Crippen molar-refractivity contribution in [3.8, 4) is 5.75 Å². The summed E-state index contributed by atoms with van der Waals surface area (Å²) in [5.74, 6) is -0.122. The average molecular weight is 255 g/mol. The lowest BCUT2D eigenvalue weighted by Gasteiger charge is -2.14. The van der Waals surface area contributed by atoms with Crippen molar-refractivity contribution in [3.05, 3.63) is 29.8 Å². The Bertz CT molecular complexity index is 349. The molecule has 1 atom stereocenters. The summed E-state index contributed by atoms with van der Waals surface area (Å²) >= 11 is 0. The molecular weight excluding hydrogens is 245 g/mol. The van der Waals surface area contributed by atoms with Gasteiger partial charge in [-0.1, -0.05) is 12.1 Å². The van der Waals surface area contributed by atoms with Gasteiger partial charge in [-0.25, -0.2) is 0 Å². The minimum atomic E-state index is -4.36. The summed E-state index contributed by atoms with van der Waals surface area (Å²) in [6.07, 6.45) is -5.53. The van der Waals surface area contributed by atoms with E-state index in [0.717, 1.165) is 12.1 Å². The number of ether oxygens (including phenoxy) is 1. The van der Waals surface area contributed by atoms with Crippen LogP contribution >= 0.6 is 0 Å². The van der Waals surface area contributed by atoms with E-state index in [2.05, 4.69) is 4.74 Å². The highest BCUT2D eigenvalue weighted by Gasteiger charge is 2.30. The van der Waals surface area contributed by atoms with E-state index in [4.69, 9.17) is 5.73 Å². The molecule has 0 unspecified atom stereocenters. The number of rotatable bonds is 4. The van der Waals surface area contributed by atoms with E-state index in [0.29, 0.717) is 0 Å². The smallest absolute Gasteiger partial charge is 0.390 e. The number of nitrogens with two attached hydrogens (primary N) is 1. The summed E-state index contributed by atoms with van der Waals surface area (Å²) in [5.41, 5.74) is 5.54. The van der Waals surface area contributed by atoms with E-state index >= 15 is 0 Å². The fraction of sp³-hybridized carbons (Fsp3) is 0.400. The van der Waals surface area contributed by atoms with Crippen LogP contribution in [0.15, 0.2) is 24.3 Å². The first kappa shape index (κ1) is 13.7. The zero-order valence-electron chi connectivity index (χ0n) is 8.55. The predicted octanol–water partition coefficient (Wildman–Crippen LogP) is 3.24. The Balaban J connectivity index is 2.67. The molecule has 1 rings (SSSR count). The van der Waals surface area contributed by atoms with Crippen LogP contribution in [0.5, 0.6) is 5.75 Å². The summed E-state index contributed by atoms with van der Waals surface area (Å²) in [5, 5.41) is 0. The molecule has 0 bridgehead atoms. The molecule has 0 aliphatic carbocycles. The average Bonchev–Trinajstić information content (AvgIpc) is 2.15. The molecule has 0 amide bonds. The van der Waals surface area contributed by atoms with Gasteiger partial charge in [0.25, 0.3) is 0 Å². The summed E-state index contributed by atoms with van der Waals surface area (Å²) in [6.45, 7) is -2.97. The molecule has 7 heteroatoms. The molecule has 96 valence electrons. The maximum absolute atomic E-state index is 12.0. The highest BCUT2D eigenvalue weighted by atomic mass is 19.4. The molecule has 0 heterocycles. The van der Waals surface area contributed by atoms with Gasteiger partial charge in [-0.2, -0.15) is 22.0 Å². The van der Waals surface area contributed by atoms with E-state index in [1.54, 1.807) is 0 Å². The Kier molecular flexibility index (Phi) is 4.28. The Hall–Kier alpha value is -1.37. The van der Waals surface area contributed by atoms with Crippen molar-refractivity contribution >= 4 is 0 Å². The first-order valence-electron chi connectivity index (χ1n) is 4.65. The SMILES string of the molecule is N[C@H](CC(F)(F)F)c1ccc(OC(F)F)cc1. The molecule has 2 N–H and O–H groups in total. The third-order valence-electron chi connectivity index (χ3n) is 1.98. The van der Waals surface area contributed by atoms with E-state index < -0.39 is 25.3 Å². The zero-order valence-corrected chi connectivity index (χ0v) is 8.55. The molecule has 1 aromatic carbocycles. The fourth-order valence-corrected chi connectivity index (χ4v) is 1.26. The topological polar surface area (TPSA) is 35.2 Å². The molecule has 0 saturated carbocycles. The molecule has 0 saturated heterocycles. The normalized spacial score (nSPS) is 13.8. The predicted molar refractivity (Wildman–Crippen MR) is 50.7 cm³/mol. The van der Waals surface area contributed by atoms with Crippen LogP contribution < -0.4 is 10.5 Å². The second-order valence-electron chi connectivity index (χ2n) is 3.37. The third kappa shape index (κ3) is 4.99. The quantitative estimate of drug-likeness (QED) is 0.838. The highest BCUT2D eigenvalue weighted by Crippen LogP contribution is 2.28. The maximum Gasteiger partial charge on any atom is 0.390 e. The highest BCUT2D eigenvalue weighted by molar-refractivity contribution is 5.29. The molecule has 17 heavy (non-hydrogen) atoms. The molecule has 1 aromatic rings. The largest absolute Gasteiger partial charge is 0.435 e. The van der Waals surface area contributed by atoms with Gasteiger partial charge < -0.3 is 10.5 Å². The maximum atomic E-state index is 12.0. The minimum Gasteiger partial charge on any atom is -0.435 e. The molecule has 0 fully saturated rings. The Labute approximate surface area is 94.2 Å². The summed E-state index contributed by atoms with van der Waals surface area (Å²) < 4.78 is 63.8. The van der Waals surface area contributed by atoms with Gasteiger partial charge in [0, 0.05) is 6.04 Å². The van der Waals surface area contributed by atoms with Crippen LogP contribution in [-0.2, 0) is 0 Å². The number of hydrogen-bond donors (Lipinski definition) is 1. The fourth-order valence-electron chi connectivity index (χ4n) is 1.26. The van der Waals surface area contributed by atoms with Crippen LogP contribution in [0.2, 0.25) is 0 Å². The Morgan fingerprint density at radius 1 is 1.12 bits per heavy atom. The van der Waals surface area contributed by atoms with Crippen LogP contribution in [0.1, 0.15) is 18.0 Å². The first-order valence-corrected chi connectivity index (χ1v) is 4.65.